The molecule has 3 N–H and O–H groups in total. The number of carbonyl (C=O) groups excluding carboxylic acids is 1. The number of hydrazone groups is 1. The van der Waals surface area contributed by atoms with Crippen LogP contribution >= 0.6 is 0 Å². The van der Waals surface area contributed by atoms with Gasteiger partial charge in [0.25, 0.3) is 5.91 Å². The fraction of sp³-hybridized carbons (Fsp3) is 0.154. The second-order valence-electron chi connectivity index (χ2n) is 4.17. The molecule has 0 unspecified atom stereocenters. The molecule has 0 aliphatic rings. The van der Waals surface area contributed by atoms with Gasteiger partial charge in [-0.1, -0.05) is 0 Å². The zero-order valence-electron chi connectivity index (χ0n) is 10.8. The predicted molar refractivity (Wildman–Crippen MR) is 72.5 cm³/mol. The topological polar surface area (TPSA) is 99.7 Å². The highest BCUT2D eigenvalue weighted by molar-refractivity contribution is 5.85. The number of amides is 1. The largest absolute Gasteiger partial charge is 0.508 e. The Labute approximate surface area is 115 Å². The number of aryl methyl sites for hydroxylation is 1. The van der Waals surface area contributed by atoms with E-state index in [0.29, 0.717) is 5.56 Å². The van der Waals surface area contributed by atoms with Crippen molar-refractivity contribution in [2.75, 3.05) is 0 Å². The maximum atomic E-state index is 11.6. The van der Waals surface area contributed by atoms with E-state index in [1.807, 2.05) is 6.92 Å². The fourth-order valence-corrected chi connectivity index (χ4v) is 1.55. The first kappa shape index (κ1) is 13.6. The number of hydrogen-bond acceptors (Lipinski definition) is 5. The molecule has 2 aromatic rings. The minimum Gasteiger partial charge on any atom is -0.508 e. The lowest BCUT2D eigenvalue weighted by Gasteiger charge is -2.03. The number of phenols is 2. The number of aromatic hydroxyl groups is 2. The third-order valence-electron chi connectivity index (χ3n) is 2.63. The van der Waals surface area contributed by atoms with Gasteiger partial charge >= 0.3 is 0 Å². The number of hydrogen-bond donors (Lipinski definition) is 3. The number of nitrogens with one attached hydrogen (secondary N) is 1. The molecular weight excluding hydrogens is 260 g/mol. The van der Waals surface area contributed by atoms with Crippen molar-refractivity contribution < 1.29 is 15.0 Å². The van der Waals surface area contributed by atoms with Crippen molar-refractivity contribution in [2.45, 2.75) is 13.5 Å². The third-order valence-corrected chi connectivity index (χ3v) is 2.63. The van der Waals surface area contributed by atoms with Crippen molar-refractivity contribution in [2.24, 2.45) is 5.10 Å². The summed E-state index contributed by atoms with van der Waals surface area (Å²) in [6.07, 6.45) is 2.91. The Morgan fingerprint density at radius 3 is 2.90 bits per heavy atom. The quantitative estimate of drug-likeness (QED) is 0.566. The lowest BCUT2D eigenvalue weighted by molar-refractivity contribution is -0.121. The molecule has 20 heavy (non-hydrogen) atoms. The summed E-state index contributed by atoms with van der Waals surface area (Å²) in [5.41, 5.74) is 3.60. The van der Waals surface area contributed by atoms with Crippen molar-refractivity contribution in [3.05, 3.63) is 41.7 Å². The lowest BCUT2D eigenvalue weighted by Crippen LogP contribution is -2.24. The van der Waals surface area contributed by atoms with Gasteiger partial charge in [-0.3, -0.25) is 9.48 Å². The molecular formula is C13H14N4O3. The second-order valence-corrected chi connectivity index (χ2v) is 4.17. The molecule has 0 bridgehead atoms. The third kappa shape index (κ3) is 3.35. The normalized spacial score (nSPS) is 10.8. The van der Waals surface area contributed by atoms with Gasteiger partial charge in [0.05, 0.1) is 6.21 Å². The summed E-state index contributed by atoms with van der Waals surface area (Å²) in [5, 5.41) is 26.4. The molecule has 1 aromatic carbocycles. The highest BCUT2D eigenvalue weighted by Gasteiger charge is 2.04. The first-order valence-electron chi connectivity index (χ1n) is 5.88. The predicted octanol–water partition coefficient (Wildman–Crippen LogP) is 0.753. The molecule has 0 fully saturated rings. The van der Waals surface area contributed by atoms with Crippen LogP contribution in [0.15, 0.2) is 35.6 Å². The van der Waals surface area contributed by atoms with Gasteiger partial charge in [0, 0.05) is 23.5 Å². The Bertz CT molecular complexity index is 649. The molecule has 2 rings (SSSR count). The van der Waals surface area contributed by atoms with Crippen LogP contribution in [0.4, 0.5) is 0 Å². The molecule has 0 saturated heterocycles. The van der Waals surface area contributed by atoms with E-state index in [9.17, 15) is 9.90 Å². The van der Waals surface area contributed by atoms with Crippen LogP contribution in [0.1, 0.15) is 11.3 Å². The average Bonchev–Trinajstić information content (AvgIpc) is 2.78. The zero-order chi connectivity index (χ0) is 14.5. The van der Waals surface area contributed by atoms with Crippen LogP contribution < -0.4 is 5.43 Å². The van der Waals surface area contributed by atoms with Gasteiger partial charge in [-0.15, -0.1) is 0 Å². The van der Waals surface area contributed by atoms with Gasteiger partial charge in [-0.2, -0.15) is 10.2 Å². The Hall–Kier alpha value is -2.83. The summed E-state index contributed by atoms with van der Waals surface area (Å²) in [7, 11) is 0. The first-order valence-corrected chi connectivity index (χ1v) is 5.88. The van der Waals surface area contributed by atoms with Gasteiger partial charge in [-0.25, -0.2) is 5.43 Å². The van der Waals surface area contributed by atoms with E-state index in [2.05, 4.69) is 15.6 Å². The monoisotopic (exact) mass is 274 g/mol. The fourth-order valence-electron chi connectivity index (χ4n) is 1.55. The minimum absolute atomic E-state index is 0.0437. The Kier molecular flexibility index (Phi) is 3.99. The summed E-state index contributed by atoms with van der Waals surface area (Å²) in [5.74, 6) is -0.491. The maximum absolute atomic E-state index is 11.6. The van der Waals surface area contributed by atoms with Crippen LogP contribution in [0.25, 0.3) is 0 Å². The van der Waals surface area contributed by atoms with Crippen molar-refractivity contribution in [1.82, 2.24) is 15.2 Å². The Morgan fingerprint density at radius 1 is 1.45 bits per heavy atom. The number of benzene rings is 1. The van der Waals surface area contributed by atoms with Gasteiger partial charge in [0.1, 0.15) is 18.0 Å². The van der Waals surface area contributed by atoms with Gasteiger partial charge in [0.15, 0.2) is 0 Å². The summed E-state index contributed by atoms with van der Waals surface area (Å²) in [4.78, 5) is 11.6. The molecule has 7 nitrogen and oxygen atoms in total. The van der Waals surface area contributed by atoms with E-state index in [-0.39, 0.29) is 24.0 Å². The minimum atomic E-state index is -0.327. The van der Waals surface area contributed by atoms with Crippen LogP contribution in [0.5, 0.6) is 11.5 Å². The van der Waals surface area contributed by atoms with Crippen molar-refractivity contribution >= 4 is 12.1 Å². The molecule has 0 aliphatic carbocycles. The van der Waals surface area contributed by atoms with Crippen molar-refractivity contribution in [3.8, 4) is 11.5 Å². The Morgan fingerprint density at radius 2 is 2.25 bits per heavy atom. The van der Waals surface area contributed by atoms with Crippen molar-refractivity contribution in [1.29, 1.82) is 0 Å². The number of nitrogens with zero attached hydrogens (tertiary/aromatic N) is 3. The van der Waals surface area contributed by atoms with E-state index in [4.69, 9.17) is 5.11 Å². The number of phenolic OH excluding ortho intramolecular Hbond substituents is 2. The van der Waals surface area contributed by atoms with E-state index in [1.165, 1.54) is 24.4 Å². The molecule has 0 saturated carbocycles. The van der Waals surface area contributed by atoms with E-state index < -0.39 is 0 Å². The van der Waals surface area contributed by atoms with E-state index in [0.717, 1.165) is 5.69 Å². The standard InChI is InChI=1S/C13H14N4O3/c1-9-4-5-15-17(9)8-13(20)16-14-7-10-2-3-11(18)6-12(10)19/h2-7,18-19H,8H2,1H3,(H,16,20). The number of aromatic nitrogens is 2. The average molecular weight is 274 g/mol. The molecule has 0 spiro atoms. The number of carbonyl (C=O) groups is 1. The molecule has 0 atom stereocenters. The van der Waals surface area contributed by atoms with Crippen LogP contribution in [-0.4, -0.2) is 32.1 Å². The summed E-state index contributed by atoms with van der Waals surface area (Å²) in [6, 6.07) is 5.88. The van der Waals surface area contributed by atoms with Crippen LogP contribution in [0.2, 0.25) is 0 Å². The highest BCUT2D eigenvalue weighted by Crippen LogP contribution is 2.20. The maximum Gasteiger partial charge on any atom is 0.261 e. The second kappa shape index (κ2) is 5.87. The molecule has 1 aromatic heterocycles. The van der Waals surface area contributed by atoms with Gasteiger partial charge in [0.2, 0.25) is 0 Å². The molecule has 0 aliphatic heterocycles. The molecule has 7 heteroatoms. The Balaban J connectivity index is 1.93. The smallest absolute Gasteiger partial charge is 0.261 e. The SMILES string of the molecule is Cc1ccnn1CC(=O)NN=Cc1ccc(O)cc1O. The van der Waals surface area contributed by atoms with Crippen molar-refractivity contribution in [3.63, 3.8) is 0 Å². The van der Waals surface area contributed by atoms with Gasteiger partial charge in [-0.05, 0) is 25.1 Å². The molecule has 1 heterocycles. The first-order chi connectivity index (χ1) is 9.56. The van der Waals surface area contributed by atoms with Gasteiger partial charge < -0.3 is 10.2 Å². The van der Waals surface area contributed by atoms with E-state index in [1.54, 1.807) is 16.9 Å². The summed E-state index contributed by atoms with van der Waals surface area (Å²) >= 11 is 0. The molecule has 0 radical (unpaired) electrons. The van der Waals surface area contributed by atoms with Crippen LogP contribution in [-0.2, 0) is 11.3 Å². The molecule has 1 amide bonds. The number of rotatable bonds is 4. The lowest BCUT2D eigenvalue weighted by atomic mass is 10.2. The molecule has 104 valence electrons. The summed E-state index contributed by atoms with van der Waals surface area (Å²) in [6.45, 7) is 1.91. The van der Waals surface area contributed by atoms with Crippen LogP contribution in [0, 0.1) is 6.92 Å². The van der Waals surface area contributed by atoms with Crippen LogP contribution in [0.3, 0.4) is 0 Å². The highest BCUT2D eigenvalue weighted by atomic mass is 16.3. The zero-order valence-corrected chi connectivity index (χ0v) is 10.8. The summed E-state index contributed by atoms with van der Waals surface area (Å²) < 4.78 is 1.54. The van der Waals surface area contributed by atoms with E-state index >= 15 is 0 Å².